The van der Waals surface area contributed by atoms with Crippen molar-refractivity contribution in [3.8, 4) is 16.3 Å². The molecule has 2 aromatic heterocycles. The zero-order chi connectivity index (χ0) is 22.5. The molecule has 0 unspecified atom stereocenters. The Hall–Kier alpha value is -3.37. The second kappa shape index (κ2) is 9.84. The minimum atomic E-state index is -0.310. The summed E-state index contributed by atoms with van der Waals surface area (Å²) < 4.78 is 7.38. The number of fused-ring (bicyclic) bond motifs is 1. The lowest BCUT2D eigenvalue weighted by Gasteiger charge is -2.13. The fourth-order valence-corrected chi connectivity index (χ4v) is 4.12. The number of ether oxygens (including phenoxy) is 1. The van der Waals surface area contributed by atoms with Crippen molar-refractivity contribution in [3.63, 3.8) is 0 Å². The highest BCUT2D eigenvalue weighted by Crippen LogP contribution is 2.31. The number of benzene rings is 2. The highest BCUT2D eigenvalue weighted by molar-refractivity contribution is 7.80. The summed E-state index contributed by atoms with van der Waals surface area (Å²) in [6, 6.07) is 14.7. The Morgan fingerprint density at radius 1 is 1.19 bits per heavy atom. The molecule has 8 nitrogen and oxygen atoms in total. The molecule has 0 bridgehead atoms. The lowest BCUT2D eigenvalue weighted by atomic mass is 10.2. The first-order valence-electron chi connectivity index (χ1n) is 10.2. The second-order valence-electron chi connectivity index (χ2n) is 7.03. The number of carbonyl (C=O) groups is 1. The number of para-hydroxylation sites is 1. The lowest BCUT2D eigenvalue weighted by Crippen LogP contribution is -2.34. The van der Waals surface area contributed by atoms with Crippen LogP contribution >= 0.6 is 23.6 Å². The molecule has 0 atom stereocenters. The quantitative estimate of drug-likeness (QED) is 0.307. The van der Waals surface area contributed by atoms with Gasteiger partial charge in [0.15, 0.2) is 10.9 Å². The van der Waals surface area contributed by atoms with E-state index >= 15 is 0 Å². The Bertz CT molecular complexity index is 1270. The standard InChI is InChI=1S/C22H22N6O2S2/c1-3-4-12-30-16-9-7-8-15(13-16)19(29)24-21(31)23-18-11-6-5-10-17(18)20-27-28-14(2)25-26-22(28)32-20/h5-11,13H,3-4,12H2,1-2H3,(H2,23,24,29,31). The Balaban J connectivity index is 1.46. The molecule has 4 rings (SSSR count). The van der Waals surface area contributed by atoms with Gasteiger partial charge < -0.3 is 10.1 Å². The predicted octanol–water partition coefficient (Wildman–Crippen LogP) is 4.47. The van der Waals surface area contributed by atoms with Crippen LogP contribution in [0.15, 0.2) is 48.5 Å². The number of carbonyl (C=O) groups excluding carboxylic acids is 1. The number of hydrogen-bond acceptors (Lipinski definition) is 7. The Morgan fingerprint density at radius 2 is 2.03 bits per heavy atom. The zero-order valence-electron chi connectivity index (χ0n) is 17.7. The van der Waals surface area contributed by atoms with Gasteiger partial charge >= 0.3 is 0 Å². The van der Waals surface area contributed by atoms with Crippen molar-refractivity contribution in [3.05, 3.63) is 59.9 Å². The van der Waals surface area contributed by atoms with Crippen LogP contribution in [0.3, 0.4) is 0 Å². The number of rotatable bonds is 7. The third-order valence-corrected chi connectivity index (χ3v) is 5.78. The van der Waals surface area contributed by atoms with Crippen LogP contribution in [0.4, 0.5) is 5.69 Å². The molecule has 0 aliphatic rings. The minimum Gasteiger partial charge on any atom is -0.494 e. The molecule has 2 N–H and O–H groups in total. The van der Waals surface area contributed by atoms with Crippen LogP contribution in [0.1, 0.15) is 35.9 Å². The number of nitrogens with zero attached hydrogens (tertiary/aromatic N) is 4. The van der Waals surface area contributed by atoms with E-state index in [1.165, 1.54) is 11.3 Å². The van der Waals surface area contributed by atoms with Crippen LogP contribution in [0, 0.1) is 6.92 Å². The van der Waals surface area contributed by atoms with E-state index in [2.05, 4.69) is 32.9 Å². The number of thiocarbonyl (C=S) groups is 1. The Labute approximate surface area is 194 Å². The second-order valence-corrected chi connectivity index (χ2v) is 8.40. The molecule has 1 amide bonds. The topological polar surface area (TPSA) is 93.4 Å². The molecule has 2 aromatic carbocycles. The molecule has 0 aliphatic carbocycles. The van der Waals surface area contributed by atoms with E-state index < -0.39 is 0 Å². The van der Waals surface area contributed by atoms with Gasteiger partial charge in [0.25, 0.3) is 5.91 Å². The van der Waals surface area contributed by atoms with Crippen molar-refractivity contribution in [2.45, 2.75) is 26.7 Å². The SMILES string of the molecule is CCCCOc1cccc(C(=O)NC(=S)Nc2ccccc2-c2nn3c(C)nnc3s2)c1. The molecular weight excluding hydrogens is 444 g/mol. The van der Waals surface area contributed by atoms with Gasteiger partial charge in [0, 0.05) is 11.1 Å². The Morgan fingerprint density at radius 3 is 2.84 bits per heavy atom. The third kappa shape index (κ3) is 4.92. The van der Waals surface area contributed by atoms with Gasteiger partial charge in [-0.25, -0.2) is 0 Å². The molecule has 164 valence electrons. The van der Waals surface area contributed by atoms with E-state index in [9.17, 15) is 4.79 Å². The summed E-state index contributed by atoms with van der Waals surface area (Å²) in [6.45, 7) is 4.57. The number of amides is 1. The fraction of sp³-hybridized carbons (Fsp3) is 0.227. The lowest BCUT2D eigenvalue weighted by molar-refractivity contribution is 0.0977. The number of aromatic nitrogens is 4. The first-order chi connectivity index (χ1) is 15.5. The highest BCUT2D eigenvalue weighted by Gasteiger charge is 2.15. The molecule has 0 saturated heterocycles. The van der Waals surface area contributed by atoms with Crippen molar-refractivity contribution in [1.29, 1.82) is 0 Å². The van der Waals surface area contributed by atoms with Crippen LogP contribution in [-0.4, -0.2) is 37.4 Å². The molecule has 0 spiro atoms. The average Bonchev–Trinajstić information content (AvgIpc) is 3.36. The van der Waals surface area contributed by atoms with Crippen molar-refractivity contribution in [2.24, 2.45) is 0 Å². The van der Waals surface area contributed by atoms with Crippen molar-refractivity contribution in [1.82, 2.24) is 25.1 Å². The molecule has 10 heteroatoms. The van der Waals surface area contributed by atoms with Gasteiger partial charge in [0.1, 0.15) is 10.8 Å². The van der Waals surface area contributed by atoms with Gasteiger partial charge in [-0.2, -0.15) is 9.61 Å². The van der Waals surface area contributed by atoms with Gasteiger partial charge in [-0.05, 0) is 55.9 Å². The predicted molar refractivity (Wildman–Crippen MR) is 129 cm³/mol. The van der Waals surface area contributed by atoms with E-state index in [-0.39, 0.29) is 11.0 Å². The summed E-state index contributed by atoms with van der Waals surface area (Å²) in [7, 11) is 0. The number of hydrogen-bond donors (Lipinski definition) is 2. The first-order valence-corrected chi connectivity index (χ1v) is 11.4. The largest absolute Gasteiger partial charge is 0.494 e. The summed E-state index contributed by atoms with van der Waals surface area (Å²) in [5.41, 5.74) is 2.06. The van der Waals surface area contributed by atoms with E-state index in [0.717, 1.165) is 34.9 Å². The minimum absolute atomic E-state index is 0.193. The number of anilines is 1. The molecular formula is C22H22N6O2S2. The van der Waals surface area contributed by atoms with Crippen molar-refractivity contribution in [2.75, 3.05) is 11.9 Å². The van der Waals surface area contributed by atoms with E-state index in [1.54, 1.807) is 22.7 Å². The van der Waals surface area contributed by atoms with Gasteiger partial charge in [0.05, 0.1) is 12.3 Å². The molecule has 0 fully saturated rings. The van der Waals surface area contributed by atoms with Crippen LogP contribution in [0.25, 0.3) is 15.5 Å². The normalized spacial score (nSPS) is 10.8. The summed E-state index contributed by atoms with van der Waals surface area (Å²) in [5.74, 6) is 1.07. The summed E-state index contributed by atoms with van der Waals surface area (Å²) in [4.78, 5) is 13.4. The fourth-order valence-electron chi connectivity index (χ4n) is 2.99. The van der Waals surface area contributed by atoms with Crippen LogP contribution in [-0.2, 0) is 0 Å². The summed E-state index contributed by atoms with van der Waals surface area (Å²) in [5, 5.41) is 19.5. The third-order valence-electron chi connectivity index (χ3n) is 4.64. The number of unbranched alkanes of at least 4 members (excludes halogenated alkanes) is 1. The molecule has 4 aromatic rings. The highest BCUT2D eigenvalue weighted by atomic mass is 32.1. The van der Waals surface area contributed by atoms with E-state index in [0.29, 0.717) is 22.9 Å². The van der Waals surface area contributed by atoms with Crippen LogP contribution in [0.5, 0.6) is 5.75 Å². The molecule has 32 heavy (non-hydrogen) atoms. The average molecular weight is 467 g/mol. The maximum Gasteiger partial charge on any atom is 0.257 e. The van der Waals surface area contributed by atoms with Gasteiger partial charge in [0.2, 0.25) is 4.96 Å². The zero-order valence-corrected chi connectivity index (χ0v) is 19.3. The monoisotopic (exact) mass is 466 g/mol. The van der Waals surface area contributed by atoms with Crippen LogP contribution in [0.2, 0.25) is 0 Å². The summed E-state index contributed by atoms with van der Waals surface area (Å²) >= 11 is 6.82. The Kier molecular flexibility index (Phi) is 6.72. The number of nitrogens with one attached hydrogen (secondary N) is 2. The van der Waals surface area contributed by atoms with Crippen molar-refractivity contribution >= 4 is 45.2 Å². The van der Waals surface area contributed by atoms with Gasteiger partial charge in [-0.15, -0.1) is 10.2 Å². The van der Waals surface area contributed by atoms with Crippen molar-refractivity contribution < 1.29 is 9.53 Å². The van der Waals surface area contributed by atoms with E-state index in [4.69, 9.17) is 17.0 Å². The van der Waals surface area contributed by atoms with E-state index in [1.807, 2.05) is 37.3 Å². The molecule has 0 aliphatic heterocycles. The first kappa shape index (κ1) is 21.8. The molecule has 0 radical (unpaired) electrons. The summed E-state index contributed by atoms with van der Waals surface area (Å²) in [6.07, 6.45) is 2.01. The molecule has 2 heterocycles. The maximum atomic E-state index is 12.7. The van der Waals surface area contributed by atoms with Crippen LogP contribution < -0.4 is 15.4 Å². The number of aryl methyl sites for hydroxylation is 1. The smallest absolute Gasteiger partial charge is 0.257 e. The van der Waals surface area contributed by atoms with Gasteiger partial charge in [-0.3, -0.25) is 10.1 Å². The van der Waals surface area contributed by atoms with Gasteiger partial charge in [-0.1, -0.05) is 42.9 Å². The maximum absolute atomic E-state index is 12.7. The molecule has 0 saturated carbocycles.